The summed E-state index contributed by atoms with van der Waals surface area (Å²) in [5.74, 6) is 1.61. The lowest BCUT2D eigenvalue weighted by Crippen LogP contribution is -2.37. The van der Waals surface area contributed by atoms with Crippen LogP contribution in [0, 0.1) is 0 Å². The van der Waals surface area contributed by atoms with Gasteiger partial charge in [-0.25, -0.2) is 4.98 Å². The van der Waals surface area contributed by atoms with Crippen LogP contribution in [0.4, 0.5) is 11.8 Å². The highest BCUT2D eigenvalue weighted by Gasteiger charge is 2.22. The largest absolute Gasteiger partial charge is 0.381 e. The Labute approximate surface area is 106 Å². The molecule has 6 heteroatoms. The van der Waals surface area contributed by atoms with Crippen LogP contribution in [0.3, 0.4) is 0 Å². The molecule has 98 valence electrons. The third-order valence-corrected chi connectivity index (χ3v) is 3.43. The van der Waals surface area contributed by atoms with Gasteiger partial charge in [0.25, 0.3) is 0 Å². The van der Waals surface area contributed by atoms with E-state index >= 15 is 0 Å². The lowest BCUT2D eigenvalue weighted by atomic mass is 10.0. The van der Waals surface area contributed by atoms with Gasteiger partial charge in [-0.1, -0.05) is 0 Å². The molecule has 0 aromatic carbocycles. The Morgan fingerprint density at radius 1 is 1.17 bits per heavy atom. The molecule has 1 atom stereocenters. The van der Waals surface area contributed by atoms with Crippen molar-refractivity contribution in [3.8, 4) is 0 Å². The van der Waals surface area contributed by atoms with Gasteiger partial charge in [-0.15, -0.1) is 0 Å². The van der Waals surface area contributed by atoms with Crippen molar-refractivity contribution in [1.29, 1.82) is 0 Å². The lowest BCUT2D eigenvalue weighted by Gasteiger charge is -2.28. The highest BCUT2D eigenvalue weighted by atomic mass is 16.5. The third kappa shape index (κ3) is 2.39. The predicted octanol–water partition coefficient (Wildman–Crippen LogP) is 0.399. The first-order valence-corrected chi connectivity index (χ1v) is 6.38. The number of hydrogen-bond donors (Lipinski definition) is 1. The van der Waals surface area contributed by atoms with Crippen LogP contribution in [0.2, 0.25) is 0 Å². The van der Waals surface area contributed by atoms with Gasteiger partial charge in [-0.2, -0.15) is 4.98 Å². The summed E-state index contributed by atoms with van der Waals surface area (Å²) in [7, 11) is 0. The van der Waals surface area contributed by atoms with Crippen molar-refractivity contribution in [3.63, 3.8) is 0 Å². The summed E-state index contributed by atoms with van der Waals surface area (Å²) < 4.78 is 10.7. The zero-order valence-electron chi connectivity index (χ0n) is 10.3. The molecular weight excluding hydrogens is 232 g/mol. The van der Waals surface area contributed by atoms with Gasteiger partial charge < -0.3 is 20.1 Å². The maximum absolute atomic E-state index is 5.81. The van der Waals surface area contributed by atoms with Gasteiger partial charge >= 0.3 is 0 Å². The highest BCUT2D eigenvalue weighted by Crippen LogP contribution is 2.26. The Kier molecular flexibility index (Phi) is 3.29. The van der Waals surface area contributed by atoms with E-state index in [0.717, 1.165) is 57.4 Å². The molecule has 2 saturated heterocycles. The number of ether oxygens (including phenoxy) is 2. The lowest BCUT2D eigenvalue weighted by molar-refractivity contribution is 0.122. The number of aromatic nitrogens is 2. The molecule has 18 heavy (non-hydrogen) atoms. The van der Waals surface area contributed by atoms with E-state index < -0.39 is 0 Å². The van der Waals surface area contributed by atoms with E-state index in [-0.39, 0.29) is 0 Å². The van der Waals surface area contributed by atoms with Crippen LogP contribution in [0.5, 0.6) is 0 Å². The molecule has 0 saturated carbocycles. The molecule has 1 aromatic heterocycles. The molecule has 3 heterocycles. The number of anilines is 2. The highest BCUT2D eigenvalue weighted by molar-refractivity contribution is 5.44. The Hall–Kier alpha value is -1.40. The van der Waals surface area contributed by atoms with Gasteiger partial charge in [0.15, 0.2) is 0 Å². The van der Waals surface area contributed by atoms with Gasteiger partial charge in [0.05, 0.1) is 25.5 Å². The Balaban J connectivity index is 1.84. The summed E-state index contributed by atoms with van der Waals surface area (Å²) in [4.78, 5) is 10.9. The van der Waals surface area contributed by atoms with Crippen LogP contribution in [0.25, 0.3) is 0 Å². The average Bonchev–Trinajstić information content (AvgIpc) is 2.93. The van der Waals surface area contributed by atoms with Crippen molar-refractivity contribution in [2.24, 2.45) is 0 Å². The maximum atomic E-state index is 5.81. The topological polar surface area (TPSA) is 73.5 Å². The van der Waals surface area contributed by atoms with Crippen LogP contribution in [0.1, 0.15) is 18.0 Å². The Morgan fingerprint density at radius 3 is 2.72 bits per heavy atom. The Bertz CT molecular complexity index is 415. The molecule has 0 bridgehead atoms. The zero-order valence-corrected chi connectivity index (χ0v) is 10.3. The summed E-state index contributed by atoms with van der Waals surface area (Å²) >= 11 is 0. The number of morpholine rings is 1. The molecule has 2 aliphatic rings. The smallest absolute Gasteiger partial charge is 0.222 e. The fourth-order valence-corrected chi connectivity index (χ4v) is 2.40. The minimum atomic E-state index is 0.348. The van der Waals surface area contributed by atoms with E-state index in [1.165, 1.54) is 0 Å². The van der Waals surface area contributed by atoms with Crippen LogP contribution in [-0.2, 0) is 9.47 Å². The Morgan fingerprint density at radius 2 is 2.00 bits per heavy atom. The van der Waals surface area contributed by atoms with Crippen molar-refractivity contribution in [1.82, 2.24) is 9.97 Å². The van der Waals surface area contributed by atoms with E-state index in [4.69, 9.17) is 15.2 Å². The molecule has 2 aliphatic heterocycles. The molecule has 6 nitrogen and oxygen atoms in total. The fraction of sp³-hybridized carbons (Fsp3) is 0.667. The third-order valence-electron chi connectivity index (χ3n) is 3.43. The van der Waals surface area contributed by atoms with Crippen LogP contribution in [-0.4, -0.2) is 49.5 Å². The number of nitrogens with two attached hydrogens (primary N) is 1. The first-order chi connectivity index (χ1) is 8.83. The first kappa shape index (κ1) is 11.7. The van der Waals surface area contributed by atoms with Crippen molar-refractivity contribution in [3.05, 3.63) is 11.8 Å². The minimum Gasteiger partial charge on any atom is -0.381 e. The van der Waals surface area contributed by atoms with Gasteiger partial charge in [0.1, 0.15) is 5.82 Å². The van der Waals surface area contributed by atoms with E-state index in [1.54, 1.807) is 0 Å². The quantitative estimate of drug-likeness (QED) is 0.819. The van der Waals surface area contributed by atoms with Gasteiger partial charge in [-0.05, 0) is 6.42 Å². The number of rotatable bonds is 2. The summed E-state index contributed by atoms with van der Waals surface area (Å²) in [5.41, 5.74) is 6.81. The summed E-state index contributed by atoms with van der Waals surface area (Å²) in [6.07, 6.45) is 1.01. The van der Waals surface area contributed by atoms with Gasteiger partial charge in [-0.3, -0.25) is 0 Å². The molecule has 2 N–H and O–H groups in total. The average molecular weight is 250 g/mol. The van der Waals surface area contributed by atoms with Crippen LogP contribution >= 0.6 is 0 Å². The molecule has 3 rings (SSSR count). The molecule has 2 fully saturated rings. The van der Waals surface area contributed by atoms with Crippen molar-refractivity contribution in [2.75, 3.05) is 50.2 Å². The van der Waals surface area contributed by atoms with Gasteiger partial charge in [0, 0.05) is 31.7 Å². The van der Waals surface area contributed by atoms with Crippen LogP contribution < -0.4 is 10.6 Å². The summed E-state index contributed by atoms with van der Waals surface area (Å²) in [6.45, 7) is 4.74. The summed E-state index contributed by atoms with van der Waals surface area (Å²) in [6, 6.07) is 2.04. The second-order valence-electron chi connectivity index (χ2n) is 4.67. The number of hydrogen-bond acceptors (Lipinski definition) is 6. The van der Waals surface area contributed by atoms with Gasteiger partial charge in [0.2, 0.25) is 5.95 Å². The maximum Gasteiger partial charge on any atom is 0.222 e. The molecule has 0 amide bonds. The molecule has 0 radical (unpaired) electrons. The van der Waals surface area contributed by atoms with E-state index in [2.05, 4.69) is 14.9 Å². The molecular formula is C12H18N4O2. The number of nitrogen functional groups attached to an aromatic ring is 1. The normalized spacial score (nSPS) is 24.4. The second kappa shape index (κ2) is 5.07. The second-order valence-corrected chi connectivity index (χ2v) is 4.67. The van der Waals surface area contributed by atoms with E-state index in [9.17, 15) is 0 Å². The first-order valence-electron chi connectivity index (χ1n) is 6.38. The van der Waals surface area contributed by atoms with Crippen molar-refractivity contribution in [2.45, 2.75) is 12.3 Å². The molecule has 1 aromatic rings. The molecule has 0 aliphatic carbocycles. The predicted molar refractivity (Wildman–Crippen MR) is 67.7 cm³/mol. The SMILES string of the molecule is Nc1nc([C@H]2CCOC2)cc(N2CCOCC2)n1. The minimum absolute atomic E-state index is 0.348. The van der Waals surface area contributed by atoms with E-state index in [1.807, 2.05) is 6.07 Å². The van der Waals surface area contributed by atoms with Crippen LogP contribution in [0.15, 0.2) is 6.07 Å². The number of nitrogens with zero attached hydrogens (tertiary/aromatic N) is 3. The monoisotopic (exact) mass is 250 g/mol. The fourth-order valence-electron chi connectivity index (χ4n) is 2.40. The zero-order chi connectivity index (χ0) is 12.4. The van der Waals surface area contributed by atoms with Crippen molar-refractivity contribution < 1.29 is 9.47 Å². The molecule has 0 unspecified atom stereocenters. The molecule has 0 spiro atoms. The summed E-state index contributed by atoms with van der Waals surface area (Å²) in [5, 5.41) is 0. The van der Waals surface area contributed by atoms with Crippen molar-refractivity contribution >= 4 is 11.8 Å². The standard InChI is InChI=1S/C12H18N4O2/c13-12-14-10(9-1-4-18-8-9)7-11(15-12)16-2-5-17-6-3-16/h7,9H,1-6,8H2,(H2,13,14,15)/t9-/m0/s1. The van der Waals surface area contributed by atoms with E-state index in [0.29, 0.717) is 11.9 Å².